The Kier molecular flexibility index (Phi) is 5.83. The molecule has 3 rings (SSSR count). The lowest BCUT2D eigenvalue weighted by molar-refractivity contribution is 0.0975. The van der Waals surface area contributed by atoms with Crippen molar-refractivity contribution in [3.8, 4) is 11.6 Å². The van der Waals surface area contributed by atoms with Crippen molar-refractivity contribution in [2.75, 3.05) is 14.2 Å². The van der Waals surface area contributed by atoms with Gasteiger partial charge in [-0.3, -0.25) is 9.48 Å². The van der Waals surface area contributed by atoms with E-state index in [0.29, 0.717) is 17.7 Å². The Labute approximate surface area is 168 Å². The van der Waals surface area contributed by atoms with Gasteiger partial charge in [0.25, 0.3) is 15.9 Å². The predicted molar refractivity (Wildman–Crippen MR) is 105 cm³/mol. The summed E-state index contributed by atoms with van der Waals surface area (Å²) in [4.78, 5) is 16.6. The van der Waals surface area contributed by atoms with Gasteiger partial charge in [-0.05, 0) is 42.8 Å². The lowest BCUT2D eigenvalue weighted by Crippen LogP contribution is -2.31. The Morgan fingerprint density at radius 2 is 1.97 bits per heavy atom. The number of aryl methyl sites for hydroxylation is 1. The van der Waals surface area contributed by atoms with Crippen LogP contribution >= 0.6 is 0 Å². The Hall–Kier alpha value is -3.40. The summed E-state index contributed by atoms with van der Waals surface area (Å²) in [6, 6.07) is 9.52. The summed E-state index contributed by atoms with van der Waals surface area (Å²) < 4.78 is 39.4. The van der Waals surface area contributed by atoms with Crippen LogP contribution in [0.2, 0.25) is 0 Å². The molecule has 3 aromatic rings. The van der Waals surface area contributed by atoms with Gasteiger partial charge in [0.15, 0.2) is 0 Å². The lowest BCUT2D eigenvalue weighted by Gasteiger charge is -2.12. The van der Waals surface area contributed by atoms with Crippen molar-refractivity contribution in [3.63, 3.8) is 0 Å². The molecule has 10 heteroatoms. The Morgan fingerprint density at radius 1 is 1.17 bits per heavy atom. The van der Waals surface area contributed by atoms with E-state index >= 15 is 0 Å². The molecule has 0 spiro atoms. The monoisotopic (exact) mass is 416 g/mol. The molecule has 0 aliphatic carbocycles. The van der Waals surface area contributed by atoms with Crippen molar-refractivity contribution in [3.05, 3.63) is 65.6 Å². The molecule has 1 N–H and O–H groups in total. The van der Waals surface area contributed by atoms with E-state index in [0.717, 1.165) is 0 Å². The van der Waals surface area contributed by atoms with E-state index < -0.39 is 15.9 Å². The molecule has 152 valence electrons. The second-order valence-corrected chi connectivity index (χ2v) is 7.81. The first kappa shape index (κ1) is 20.3. The molecule has 1 amide bonds. The minimum atomic E-state index is -4.16. The predicted octanol–water partition coefficient (Wildman–Crippen LogP) is 1.77. The summed E-state index contributed by atoms with van der Waals surface area (Å²) in [6.07, 6.45) is 3.42. The lowest BCUT2D eigenvalue weighted by atomic mass is 10.2. The number of nitrogens with one attached hydrogen (secondary N) is 1. The minimum Gasteiger partial charge on any atom is -0.495 e. The minimum absolute atomic E-state index is 0.0961. The normalized spacial score (nSPS) is 11.1. The number of benzene rings is 1. The Bertz CT molecular complexity index is 1130. The summed E-state index contributed by atoms with van der Waals surface area (Å²) in [5.74, 6) is -0.535. The van der Waals surface area contributed by atoms with Crippen LogP contribution in [-0.4, -0.2) is 43.3 Å². The molecule has 0 fully saturated rings. The average molecular weight is 416 g/mol. The highest BCUT2D eigenvalue weighted by molar-refractivity contribution is 7.90. The third-order valence-corrected chi connectivity index (χ3v) is 5.44. The topological polar surface area (TPSA) is 112 Å². The van der Waals surface area contributed by atoms with Crippen LogP contribution in [0.25, 0.3) is 0 Å². The van der Waals surface area contributed by atoms with E-state index in [9.17, 15) is 13.2 Å². The molecule has 0 radical (unpaired) electrons. The number of carbonyl (C=O) groups is 1. The van der Waals surface area contributed by atoms with Crippen LogP contribution in [0.4, 0.5) is 0 Å². The molecule has 0 saturated carbocycles. The Balaban J connectivity index is 1.86. The summed E-state index contributed by atoms with van der Waals surface area (Å²) in [7, 11) is -1.38. The number of rotatable bonds is 7. The first-order chi connectivity index (χ1) is 13.8. The molecule has 0 bridgehead atoms. The first-order valence-electron chi connectivity index (χ1n) is 8.57. The van der Waals surface area contributed by atoms with Crippen LogP contribution in [0.5, 0.6) is 11.6 Å². The van der Waals surface area contributed by atoms with Crippen molar-refractivity contribution in [2.45, 2.75) is 18.4 Å². The molecule has 0 atom stereocenters. The molecule has 29 heavy (non-hydrogen) atoms. The van der Waals surface area contributed by atoms with Crippen LogP contribution in [0.3, 0.4) is 0 Å². The number of hydrogen-bond acceptors (Lipinski definition) is 7. The maximum Gasteiger partial charge on any atom is 0.283 e. The fraction of sp³-hybridized carbons (Fsp3) is 0.211. The van der Waals surface area contributed by atoms with Crippen molar-refractivity contribution >= 4 is 15.9 Å². The van der Waals surface area contributed by atoms with Gasteiger partial charge >= 0.3 is 0 Å². The standard InChI is InChI=1S/C19H20N4O5S/c1-13-5-8-16(27-2)17(11-13)29(25,26)22-18(24)15-7-6-14(19(21-15)28-3)12-23-10-4-9-20-23/h4-11H,12H2,1-3H3,(H,22,24). The van der Waals surface area contributed by atoms with Gasteiger partial charge in [-0.25, -0.2) is 18.1 Å². The number of ether oxygens (including phenoxy) is 2. The SMILES string of the molecule is COc1ccc(C)cc1S(=O)(=O)NC(=O)c1ccc(Cn2cccn2)c(OC)n1. The molecule has 0 unspecified atom stereocenters. The summed E-state index contributed by atoms with van der Waals surface area (Å²) in [6.45, 7) is 2.13. The zero-order valence-corrected chi connectivity index (χ0v) is 16.9. The largest absolute Gasteiger partial charge is 0.495 e. The van der Waals surface area contributed by atoms with Gasteiger partial charge in [0, 0.05) is 18.0 Å². The van der Waals surface area contributed by atoms with Gasteiger partial charge in [-0.1, -0.05) is 6.07 Å². The van der Waals surface area contributed by atoms with Gasteiger partial charge in [0.05, 0.1) is 20.8 Å². The van der Waals surface area contributed by atoms with Gasteiger partial charge in [-0.2, -0.15) is 5.10 Å². The number of methoxy groups -OCH3 is 2. The van der Waals surface area contributed by atoms with Gasteiger partial charge in [-0.15, -0.1) is 0 Å². The maximum absolute atomic E-state index is 12.7. The quantitative estimate of drug-likeness (QED) is 0.625. The van der Waals surface area contributed by atoms with E-state index in [-0.39, 0.29) is 22.2 Å². The van der Waals surface area contributed by atoms with E-state index in [4.69, 9.17) is 9.47 Å². The summed E-state index contributed by atoms with van der Waals surface area (Å²) in [5.41, 5.74) is 1.30. The fourth-order valence-corrected chi connectivity index (χ4v) is 3.90. The van der Waals surface area contributed by atoms with E-state index in [1.165, 1.54) is 32.4 Å². The van der Waals surface area contributed by atoms with Gasteiger partial charge in [0.1, 0.15) is 16.3 Å². The van der Waals surface area contributed by atoms with Crippen LogP contribution in [-0.2, 0) is 16.6 Å². The van der Waals surface area contributed by atoms with Gasteiger partial charge in [0.2, 0.25) is 5.88 Å². The molecule has 1 aromatic carbocycles. The molecule has 0 aliphatic rings. The molecule has 2 heterocycles. The number of nitrogens with zero attached hydrogens (tertiary/aromatic N) is 3. The Morgan fingerprint density at radius 3 is 2.62 bits per heavy atom. The first-order valence-corrected chi connectivity index (χ1v) is 10.1. The second-order valence-electron chi connectivity index (χ2n) is 6.16. The van der Waals surface area contributed by atoms with Crippen molar-refractivity contribution in [2.24, 2.45) is 0 Å². The average Bonchev–Trinajstić information content (AvgIpc) is 3.21. The third-order valence-electron chi connectivity index (χ3n) is 4.09. The van der Waals surface area contributed by atoms with Crippen LogP contribution in [0.15, 0.2) is 53.7 Å². The fourth-order valence-electron chi connectivity index (χ4n) is 2.68. The highest BCUT2D eigenvalue weighted by Gasteiger charge is 2.24. The van der Waals surface area contributed by atoms with E-state index in [2.05, 4.69) is 10.1 Å². The number of carbonyl (C=O) groups excluding carboxylic acids is 1. The highest BCUT2D eigenvalue weighted by atomic mass is 32.2. The number of aromatic nitrogens is 3. The molecule has 9 nitrogen and oxygen atoms in total. The number of sulfonamides is 1. The molecule has 2 aromatic heterocycles. The molecular weight excluding hydrogens is 396 g/mol. The second kappa shape index (κ2) is 8.31. The molecule has 0 saturated heterocycles. The zero-order valence-electron chi connectivity index (χ0n) is 16.1. The molecule has 0 aliphatic heterocycles. The van der Waals surface area contributed by atoms with Crippen LogP contribution < -0.4 is 14.2 Å². The molecular formula is C19H20N4O5S. The van der Waals surface area contributed by atoms with Crippen LogP contribution in [0.1, 0.15) is 21.6 Å². The zero-order chi connectivity index (χ0) is 21.0. The van der Waals surface area contributed by atoms with Crippen LogP contribution in [0, 0.1) is 6.92 Å². The number of pyridine rings is 1. The third kappa shape index (κ3) is 4.54. The van der Waals surface area contributed by atoms with Gasteiger partial charge < -0.3 is 9.47 Å². The summed E-state index contributed by atoms with van der Waals surface area (Å²) in [5, 5.41) is 4.11. The smallest absolute Gasteiger partial charge is 0.283 e. The number of hydrogen-bond donors (Lipinski definition) is 1. The van der Waals surface area contributed by atoms with Crippen molar-refractivity contribution in [1.29, 1.82) is 0 Å². The number of amides is 1. The van der Waals surface area contributed by atoms with Crippen molar-refractivity contribution in [1.82, 2.24) is 19.5 Å². The van der Waals surface area contributed by atoms with E-state index in [1.807, 2.05) is 4.72 Å². The maximum atomic E-state index is 12.7. The summed E-state index contributed by atoms with van der Waals surface area (Å²) >= 11 is 0. The van der Waals surface area contributed by atoms with Crippen molar-refractivity contribution < 1.29 is 22.7 Å². The highest BCUT2D eigenvalue weighted by Crippen LogP contribution is 2.25. The van der Waals surface area contributed by atoms with E-state index in [1.54, 1.807) is 42.2 Å².